The van der Waals surface area contributed by atoms with E-state index >= 15 is 0 Å². The number of piperidine rings is 1. The van der Waals surface area contributed by atoms with Crippen molar-refractivity contribution in [3.05, 3.63) is 24.3 Å². The van der Waals surface area contributed by atoms with Crippen molar-refractivity contribution in [1.29, 1.82) is 0 Å². The van der Waals surface area contributed by atoms with E-state index in [2.05, 4.69) is 12.2 Å². The molecular formula is C18H30N2O3S. The molecule has 0 aromatic heterocycles. The maximum atomic E-state index is 12.8. The van der Waals surface area contributed by atoms with Gasteiger partial charge in [-0.2, -0.15) is 4.31 Å². The minimum Gasteiger partial charge on any atom is -0.494 e. The summed E-state index contributed by atoms with van der Waals surface area (Å²) in [6.07, 6.45) is 5.33. The quantitative estimate of drug-likeness (QED) is 0.693. The van der Waals surface area contributed by atoms with E-state index in [1.807, 2.05) is 7.05 Å². The molecule has 1 fully saturated rings. The van der Waals surface area contributed by atoms with Crippen LogP contribution in [0, 0.1) is 5.92 Å². The Hall–Kier alpha value is -1.11. The van der Waals surface area contributed by atoms with Gasteiger partial charge in [0.1, 0.15) is 5.75 Å². The first-order valence-electron chi connectivity index (χ1n) is 8.95. The molecule has 136 valence electrons. The maximum Gasteiger partial charge on any atom is 0.243 e. The van der Waals surface area contributed by atoms with Gasteiger partial charge < -0.3 is 10.1 Å². The summed E-state index contributed by atoms with van der Waals surface area (Å²) in [5.74, 6) is 1.12. The van der Waals surface area contributed by atoms with E-state index in [4.69, 9.17) is 4.74 Å². The Balaban J connectivity index is 1.98. The number of nitrogens with one attached hydrogen (secondary N) is 1. The summed E-state index contributed by atoms with van der Waals surface area (Å²) in [5, 5.41) is 3.15. The minimum atomic E-state index is -3.41. The van der Waals surface area contributed by atoms with Gasteiger partial charge in [-0.1, -0.05) is 19.8 Å². The Kier molecular flexibility index (Phi) is 7.52. The predicted octanol–water partition coefficient (Wildman–Crippen LogP) is 2.88. The number of hydrogen-bond donors (Lipinski definition) is 1. The van der Waals surface area contributed by atoms with Gasteiger partial charge in [-0.3, -0.25) is 0 Å². The summed E-state index contributed by atoms with van der Waals surface area (Å²) in [6, 6.07) is 6.83. The van der Waals surface area contributed by atoms with Gasteiger partial charge >= 0.3 is 0 Å². The molecule has 1 aromatic rings. The Bertz CT molecular complexity index is 585. The molecule has 1 aliphatic rings. The number of sulfonamides is 1. The van der Waals surface area contributed by atoms with Crippen molar-refractivity contribution in [2.24, 2.45) is 5.92 Å². The zero-order valence-electron chi connectivity index (χ0n) is 14.8. The van der Waals surface area contributed by atoms with Gasteiger partial charge in [-0.05, 0) is 63.0 Å². The van der Waals surface area contributed by atoms with Crippen LogP contribution in [0.2, 0.25) is 0 Å². The molecule has 0 spiro atoms. The summed E-state index contributed by atoms with van der Waals surface area (Å²) >= 11 is 0. The van der Waals surface area contributed by atoms with Gasteiger partial charge in [0.2, 0.25) is 10.0 Å². The molecule has 1 N–H and O–H groups in total. The lowest BCUT2D eigenvalue weighted by Crippen LogP contribution is -2.42. The zero-order valence-corrected chi connectivity index (χ0v) is 15.6. The number of ether oxygens (including phenoxy) is 1. The molecule has 0 saturated carbocycles. The second kappa shape index (κ2) is 9.39. The third-order valence-electron chi connectivity index (χ3n) is 4.45. The summed E-state index contributed by atoms with van der Waals surface area (Å²) in [6.45, 7) is 4.89. The number of hydrogen-bond acceptors (Lipinski definition) is 4. The van der Waals surface area contributed by atoms with E-state index in [9.17, 15) is 8.42 Å². The lowest BCUT2D eigenvalue weighted by Gasteiger charge is -2.31. The molecule has 1 saturated heterocycles. The van der Waals surface area contributed by atoms with Gasteiger partial charge in [-0.25, -0.2) is 8.42 Å². The molecule has 1 heterocycles. The lowest BCUT2D eigenvalue weighted by molar-refractivity contribution is 0.263. The monoisotopic (exact) mass is 354 g/mol. The smallest absolute Gasteiger partial charge is 0.243 e. The number of benzene rings is 1. The highest BCUT2D eigenvalue weighted by molar-refractivity contribution is 7.89. The van der Waals surface area contributed by atoms with Crippen LogP contribution in [0.1, 0.15) is 39.0 Å². The molecule has 0 amide bonds. The van der Waals surface area contributed by atoms with Crippen LogP contribution in [0.4, 0.5) is 0 Å². The molecule has 0 aliphatic carbocycles. The Morgan fingerprint density at radius 3 is 2.67 bits per heavy atom. The second-order valence-corrected chi connectivity index (χ2v) is 8.39. The van der Waals surface area contributed by atoms with Crippen LogP contribution in [0.5, 0.6) is 5.75 Å². The molecule has 5 nitrogen and oxygen atoms in total. The summed E-state index contributed by atoms with van der Waals surface area (Å²) in [4.78, 5) is 0.355. The topological polar surface area (TPSA) is 58.6 Å². The first-order valence-corrected chi connectivity index (χ1v) is 10.4. The third kappa shape index (κ3) is 5.19. The fourth-order valence-corrected chi connectivity index (χ4v) is 4.65. The molecule has 2 rings (SSSR count). The Morgan fingerprint density at radius 2 is 2.00 bits per heavy atom. The van der Waals surface area contributed by atoms with E-state index in [1.165, 1.54) is 0 Å². The van der Waals surface area contributed by atoms with Gasteiger partial charge in [-0.15, -0.1) is 0 Å². The maximum absolute atomic E-state index is 12.8. The molecule has 24 heavy (non-hydrogen) atoms. The van der Waals surface area contributed by atoms with Crippen LogP contribution in [0.3, 0.4) is 0 Å². The highest BCUT2D eigenvalue weighted by atomic mass is 32.2. The molecule has 6 heteroatoms. The predicted molar refractivity (Wildman–Crippen MR) is 96.9 cm³/mol. The van der Waals surface area contributed by atoms with E-state index in [0.717, 1.165) is 44.4 Å². The highest BCUT2D eigenvalue weighted by Crippen LogP contribution is 2.25. The first-order chi connectivity index (χ1) is 11.6. The van der Waals surface area contributed by atoms with Crippen molar-refractivity contribution in [3.8, 4) is 5.75 Å². The summed E-state index contributed by atoms with van der Waals surface area (Å²) in [7, 11) is -1.50. The average molecular weight is 355 g/mol. The third-order valence-corrected chi connectivity index (χ3v) is 6.33. The Labute approximate surface area is 146 Å². The SMILES string of the molecule is CCCCCOc1ccc(S(=O)(=O)N2CCCC(CNC)C2)cc1. The minimum absolute atomic E-state index is 0.355. The van der Waals surface area contributed by atoms with Crippen LogP contribution in [0.15, 0.2) is 29.2 Å². The number of rotatable bonds is 9. The van der Waals surface area contributed by atoms with E-state index in [0.29, 0.717) is 30.5 Å². The van der Waals surface area contributed by atoms with Crippen LogP contribution >= 0.6 is 0 Å². The normalized spacial score (nSPS) is 19.3. The summed E-state index contributed by atoms with van der Waals surface area (Å²) < 4.78 is 32.9. The van der Waals surface area contributed by atoms with Gasteiger partial charge in [0, 0.05) is 13.1 Å². The van der Waals surface area contributed by atoms with Crippen molar-refractivity contribution in [2.45, 2.75) is 43.9 Å². The fraction of sp³-hybridized carbons (Fsp3) is 0.667. The van der Waals surface area contributed by atoms with Crippen molar-refractivity contribution in [3.63, 3.8) is 0 Å². The van der Waals surface area contributed by atoms with Crippen molar-refractivity contribution < 1.29 is 13.2 Å². The van der Waals surface area contributed by atoms with Crippen molar-refractivity contribution in [1.82, 2.24) is 9.62 Å². The molecule has 0 bridgehead atoms. The highest BCUT2D eigenvalue weighted by Gasteiger charge is 2.29. The largest absolute Gasteiger partial charge is 0.494 e. The fourth-order valence-electron chi connectivity index (χ4n) is 3.10. The van der Waals surface area contributed by atoms with E-state index in [1.54, 1.807) is 28.6 Å². The second-order valence-electron chi connectivity index (χ2n) is 6.46. The molecule has 1 unspecified atom stereocenters. The van der Waals surface area contributed by atoms with Crippen LogP contribution in [-0.2, 0) is 10.0 Å². The number of unbranched alkanes of at least 4 members (excludes halogenated alkanes) is 2. The van der Waals surface area contributed by atoms with Gasteiger partial charge in [0.25, 0.3) is 0 Å². The number of nitrogens with zero attached hydrogens (tertiary/aromatic N) is 1. The van der Waals surface area contributed by atoms with Gasteiger partial charge in [0.15, 0.2) is 0 Å². The molecular weight excluding hydrogens is 324 g/mol. The molecule has 1 aromatic carbocycles. The van der Waals surface area contributed by atoms with Crippen molar-refractivity contribution in [2.75, 3.05) is 33.3 Å². The Morgan fingerprint density at radius 1 is 1.25 bits per heavy atom. The molecule has 0 radical (unpaired) electrons. The molecule has 1 atom stereocenters. The van der Waals surface area contributed by atoms with Crippen LogP contribution in [0.25, 0.3) is 0 Å². The zero-order chi connectivity index (χ0) is 17.4. The van der Waals surface area contributed by atoms with E-state index in [-0.39, 0.29) is 0 Å². The standard InChI is InChI=1S/C18H30N2O3S/c1-3-4-5-13-23-17-8-10-18(11-9-17)24(21,22)20-12-6-7-16(15-20)14-19-2/h8-11,16,19H,3-7,12-15H2,1-2H3. The van der Waals surface area contributed by atoms with Crippen LogP contribution < -0.4 is 10.1 Å². The summed E-state index contributed by atoms with van der Waals surface area (Å²) in [5.41, 5.74) is 0. The van der Waals surface area contributed by atoms with E-state index < -0.39 is 10.0 Å². The van der Waals surface area contributed by atoms with Gasteiger partial charge in [0.05, 0.1) is 11.5 Å². The van der Waals surface area contributed by atoms with Crippen molar-refractivity contribution >= 4 is 10.0 Å². The molecule has 1 aliphatic heterocycles. The first kappa shape index (κ1) is 19.2. The lowest BCUT2D eigenvalue weighted by atomic mass is 10.00. The van der Waals surface area contributed by atoms with Crippen LogP contribution in [-0.4, -0.2) is 46.0 Å². The average Bonchev–Trinajstić information content (AvgIpc) is 2.60.